The van der Waals surface area contributed by atoms with Crippen LogP contribution in [-0.4, -0.2) is 17.5 Å². The maximum absolute atomic E-state index is 12.1. The third kappa shape index (κ3) is 1.58. The highest BCUT2D eigenvalue weighted by molar-refractivity contribution is 5.91. The molecule has 9 heteroatoms. The molecule has 0 spiro atoms. The maximum Gasteiger partial charge on any atom is 0.433 e. The molecule has 110 valence electrons. The highest BCUT2D eigenvalue weighted by Gasteiger charge is 2.87. The first-order valence-corrected chi connectivity index (χ1v) is 6.10. The third-order valence-electron chi connectivity index (χ3n) is 3.61. The molecule has 0 bridgehead atoms. The van der Waals surface area contributed by atoms with E-state index in [1.807, 2.05) is 0 Å². The van der Waals surface area contributed by atoms with Crippen LogP contribution in [0.15, 0.2) is 16.5 Å². The Morgan fingerprint density at radius 1 is 1.41 bits per heavy atom. The van der Waals surface area contributed by atoms with E-state index in [1.165, 1.54) is 13.0 Å². The van der Waals surface area contributed by atoms with E-state index < -0.39 is 33.5 Å². The fraction of sp³-hybridized carbons (Fsp3) is 0.385. The molecule has 1 heterocycles. The Morgan fingerprint density at radius 3 is 2.45 bits per heavy atom. The van der Waals surface area contributed by atoms with E-state index in [4.69, 9.17) is 9.15 Å². The Balaban J connectivity index is 2.56. The third-order valence-corrected chi connectivity index (χ3v) is 3.61. The van der Waals surface area contributed by atoms with Gasteiger partial charge in [-0.3, -0.25) is 14.9 Å². The zero-order valence-corrected chi connectivity index (χ0v) is 11.3. The molecule has 0 radical (unpaired) electrons. The van der Waals surface area contributed by atoms with Gasteiger partial charge in [-0.2, -0.15) is 15.8 Å². The molecule has 1 aliphatic carbocycles. The van der Waals surface area contributed by atoms with Crippen molar-refractivity contribution in [2.75, 3.05) is 6.61 Å². The van der Waals surface area contributed by atoms with Crippen LogP contribution in [0.5, 0.6) is 0 Å². The van der Waals surface area contributed by atoms with Gasteiger partial charge in [-0.05, 0) is 13.0 Å². The first-order chi connectivity index (χ1) is 10.4. The maximum atomic E-state index is 12.1. The number of carbonyl (C=O) groups excluding carboxylic acids is 1. The number of rotatable bonds is 4. The molecule has 1 aliphatic rings. The molecule has 9 nitrogen and oxygen atoms in total. The molecular formula is C13H8N4O5. The molecule has 2 atom stereocenters. The monoisotopic (exact) mass is 300 g/mol. The highest BCUT2D eigenvalue weighted by atomic mass is 16.6. The number of hydrogen-bond donors (Lipinski definition) is 0. The van der Waals surface area contributed by atoms with E-state index >= 15 is 0 Å². The van der Waals surface area contributed by atoms with Crippen LogP contribution in [-0.2, 0) is 9.53 Å². The minimum absolute atomic E-state index is 0.0414. The van der Waals surface area contributed by atoms with Crippen molar-refractivity contribution in [3.8, 4) is 18.2 Å². The summed E-state index contributed by atoms with van der Waals surface area (Å²) in [6, 6.07) is 7.18. The summed E-state index contributed by atoms with van der Waals surface area (Å²) >= 11 is 0. The predicted molar refractivity (Wildman–Crippen MR) is 66.4 cm³/mol. The van der Waals surface area contributed by atoms with E-state index in [-0.39, 0.29) is 12.4 Å². The minimum atomic E-state index is -2.06. The summed E-state index contributed by atoms with van der Waals surface area (Å²) < 4.78 is 9.74. The van der Waals surface area contributed by atoms with Gasteiger partial charge in [0.2, 0.25) is 0 Å². The second-order valence-electron chi connectivity index (χ2n) is 4.54. The SMILES string of the molecule is CCOC(=O)[C@@]1(C#N)[C@H](c2ccc([N+](=O)[O-])o2)C1(C#N)C#N. The molecule has 22 heavy (non-hydrogen) atoms. The van der Waals surface area contributed by atoms with Crippen molar-refractivity contribution in [2.45, 2.75) is 12.8 Å². The Labute approximate surface area is 124 Å². The molecule has 1 fully saturated rings. The van der Waals surface area contributed by atoms with Crippen molar-refractivity contribution in [2.24, 2.45) is 10.8 Å². The van der Waals surface area contributed by atoms with Gasteiger partial charge in [-0.1, -0.05) is 0 Å². The Bertz CT molecular complexity index is 764. The van der Waals surface area contributed by atoms with Crippen LogP contribution in [0.3, 0.4) is 0 Å². The van der Waals surface area contributed by atoms with Crippen molar-refractivity contribution in [1.82, 2.24) is 0 Å². The average Bonchev–Trinajstić information content (AvgIpc) is 2.82. The number of nitriles is 3. The average molecular weight is 300 g/mol. The van der Waals surface area contributed by atoms with Crippen LogP contribution >= 0.6 is 0 Å². The van der Waals surface area contributed by atoms with Gasteiger partial charge >= 0.3 is 11.9 Å². The predicted octanol–water partition coefficient (Wildman–Crippen LogP) is 1.39. The summed E-state index contributed by atoms with van der Waals surface area (Å²) in [4.78, 5) is 21.9. The molecule has 0 unspecified atom stereocenters. The molecule has 0 saturated heterocycles. The van der Waals surface area contributed by atoms with E-state index in [2.05, 4.69) is 0 Å². The summed E-state index contributed by atoms with van der Waals surface area (Å²) in [7, 11) is 0. The summed E-state index contributed by atoms with van der Waals surface area (Å²) in [5.41, 5.74) is -4.06. The number of esters is 1. The quantitative estimate of drug-likeness (QED) is 0.459. The number of nitro groups is 1. The largest absolute Gasteiger partial charge is 0.465 e. The van der Waals surface area contributed by atoms with Gasteiger partial charge in [0.25, 0.3) is 0 Å². The van der Waals surface area contributed by atoms with Crippen molar-refractivity contribution in [3.63, 3.8) is 0 Å². The molecule has 1 saturated carbocycles. The van der Waals surface area contributed by atoms with Crippen LogP contribution in [0.2, 0.25) is 0 Å². The van der Waals surface area contributed by atoms with Gasteiger partial charge in [-0.15, -0.1) is 0 Å². The first-order valence-electron chi connectivity index (χ1n) is 6.10. The lowest BCUT2D eigenvalue weighted by atomic mass is 9.97. The molecule has 0 aromatic carbocycles. The summed E-state index contributed by atoms with van der Waals surface area (Å²) in [5.74, 6) is -3.02. The van der Waals surface area contributed by atoms with Crippen LogP contribution < -0.4 is 0 Å². The summed E-state index contributed by atoms with van der Waals surface area (Å²) in [6.45, 7) is 1.47. The van der Waals surface area contributed by atoms with Crippen molar-refractivity contribution >= 4 is 11.9 Å². The van der Waals surface area contributed by atoms with Crippen LogP contribution in [0.25, 0.3) is 0 Å². The van der Waals surface area contributed by atoms with E-state index in [0.717, 1.165) is 6.07 Å². The van der Waals surface area contributed by atoms with Crippen LogP contribution in [0, 0.1) is 54.9 Å². The molecule has 1 aromatic heterocycles. The van der Waals surface area contributed by atoms with Crippen LogP contribution in [0.1, 0.15) is 18.6 Å². The van der Waals surface area contributed by atoms with Crippen molar-refractivity contribution in [1.29, 1.82) is 15.8 Å². The minimum Gasteiger partial charge on any atom is -0.465 e. The zero-order chi connectivity index (χ0) is 16.5. The molecule has 0 aliphatic heterocycles. The van der Waals surface area contributed by atoms with Crippen molar-refractivity contribution in [3.05, 3.63) is 28.0 Å². The lowest BCUT2D eigenvalue weighted by Crippen LogP contribution is -2.24. The molecule has 0 amide bonds. The molecule has 1 aromatic rings. The summed E-state index contributed by atoms with van der Waals surface area (Å²) in [5, 5.41) is 38.6. The van der Waals surface area contributed by atoms with E-state index in [0.29, 0.717) is 0 Å². The van der Waals surface area contributed by atoms with Gasteiger partial charge < -0.3 is 9.15 Å². The molecular weight excluding hydrogens is 292 g/mol. The van der Waals surface area contributed by atoms with Gasteiger partial charge in [-0.25, -0.2) is 0 Å². The Morgan fingerprint density at radius 2 is 2.05 bits per heavy atom. The Kier molecular flexibility index (Phi) is 3.32. The van der Waals surface area contributed by atoms with E-state index in [9.17, 15) is 30.7 Å². The number of nitrogens with zero attached hydrogens (tertiary/aromatic N) is 4. The second-order valence-corrected chi connectivity index (χ2v) is 4.54. The highest BCUT2D eigenvalue weighted by Crippen LogP contribution is 2.74. The smallest absolute Gasteiger partial charge is 0.433 e. The standard InChI is InChI=1S/C13H8N4O5/c1-2-21-11(18)13(7-16)10(12(13,5-14)6-15)8-3-4-9(22-8)17(19)20/h3-4,10H,2H2,1H3/t10-,13-/m1/s1. The lowest BCUT2D eigenvalue weighted by Gasteiger charge is -2.07. The van der Waals surface area contributed by atoms with Gasteiger partial charge in [0.05, 0.1) is 36.8 Å². The summed E-state index contributed by atoms with van der Waals surface area (Å²) in [6.07, 6.45) is 0. The molecule has 2 rings (SSSR count). The Hall–Kier alpha value is -3.38. The number of ether oxygens (including phenoxy) is 1. The molecule has 0 N–H and O–H groups in total. The first kappa shape index (κ1) is 15.0. The number of hydrogen-bond acceptors (Lipinski definition) is 8. The normalized spacial score (nSPS) is 24.4. The number of carbonyl (C=O) groups is 1. The second kappa shape index (κ2) is 4.87. The van der Waals surface area contributed by atoms with Crippen LogP contribution in [0.4, 0.5) is 5.88 Å². The lowest BCUT2D eigenvalue weighted by molar-refractivity contribution is -0.402. The van der Waals surface area contributed by atoms with Gasteiger partial charge in [0.15, 0.2) is 10.8 Å². The number of furan rings is 1. The van der Waals surface area contributed by atoms with Crippen molar-refractivity contribution < 1.29 is 18.9 Å². The zero-order valence-electron chi connectivity index (χ0n) is 11.3. The fourth-order valence-electron chi connectivity index (χ4n) is 2.55. The van der Waals surface area contributed by atoms with Gasteiger partial charge in [0.1, 0.15) is 10.7 Å². The fourth-order valence-corrected chi connectivity index (χ4v) is 2.55. The van der Waals surface area contributed by atoms with Gasteiger partial charge in [0, 0.05) is 0 Å². The van der Waals surface area contributed by atoms with E-state index in [1.54, 1.807) is 18.2 Å². The topological polar surface area (TPSA) is 154 Å².